The number of rotatable bonds is 11. The molecular formula is C30H37N3O4S. The molecule has 0 saturated carbocycles. The fraction of sp³-hybridized carbons (Fsp3) is 0.333. The number of carbonyl (C=O) groups excluding carboxylic acids is 2. The summed E-state index contributed by atoms with van der Waals surface area (Å²) < 4.78 is 28.8. The maximum atomic E-state index is 14.0. The Kier molecular flexibility index (Phi) is 9.69. The average Bonchev–Trinajstić information content (AvgIpc) is 2.89. The molecule has 3 aromatic rings. The summed E-state index contributed by atoms with van der Waals surface area (Å²) in [5.74, 6) is -0.720. The zero-order valence-corrected chi connectivity index (χ0v) is 23.6. The van der Waals surface area contributed by atoms with E-state index in [-0.39, 0.29) is 17.3 Å². The quantitative estimate of drug-likeness (QED) is 0.384. The third kappa shape index (κ3) is 6.81. The molecule has 0 heterocycles. The lowest BCUT2D eigenvalue weighted by Gasteiger charge is -2.33. The summed E-state index contributed by atoms with van der Waals surface area (Å²) in [6, 6.07) is 20.5. The van der Waals surface area contributed by atoms with Gasteiger partial charge in [-0.3, -0.25) is 13.9 Å². The number of aryl methyl sites for hydroxylation is 3. The summed E-state index contributed by atoms with van der Waals surface area (Å²) in [5.41, 5.74) is 4.16. The van der Waals surface area contributed by atoms with E-state index in [4.69, 9.17) is 0 Å². The van der Waals surface area contributed by atoms with Crippen molar-refractivity contribution < 1.29 is 18.0 Å². The Bertz CT molecular complexity index is 1350. The second-order valence-corrected chi connectivity index (χ2v) is 11.3. The first kappa shape index (κ1) is 28.9. The maximum Gasteiger partial charge on any atom is 0.264 e. The molecule has 0 aliphatic rings. The van der Waals surface area contributed by atoms with Crippen molar-refractivity contribution in [3.8, 4) is 0 Å². The van der Waals surface area contributed by atoms with Gasteiger partial charge in [0.2, 0.25) is 11.8 Å². The Hall–Kier alpha value is -3.65. The normalized spacial score (nSPS) is 12.0. The standard InChI is InChI=1S/C30H37N3O4S/c1-6-28(30(35)31-7-2)32(20-25-11-9-8-10-24(25)5)29(34)21-33(26-16-12-22(3)13-17-26)38(36,37)27-18-14-23(4)15-19-27/h8-19,28H,6-7,20-21H2,1-5H3,(H,31,35)/t28-/m1/s1. The van der Waals surface area contributed by atoms with Gasteiger partial charge in [-0.25, -0.2) is 8.42 Å². The third-order valence-corrected chi connectivity index (χ3v) is 8.34. The molecule has 0 unspecified atom stereocenters. The molecule has 0 aliphatic carbocycles. The molecule has 0 aliphatic heterocycles. The van der Waals surface area contributed by atoms with Crippen LogP contribution < -0.4 is 9.62 Å². The Morgan fingerprint density at radius 3 is 1.97 bits per heavy atom. The van der Waals surface area contributed by atoms with Crippen LogP contribution in [0.2, 0.25) is 0 Å². The van der Waals surface area contributed by atoms with E-state index in [1.807, 2.05) is 71.0 Å². The van der Waals surface area contributed by atoms with Gasteiger partial charge in [-0.05, 0) is 69.5 Å². The van der Waals surface area contributed by atoms with E-state index >= 15 is 0 Å². The molecule has 3 rings (SSSR count). The molecule has 0 fully saturated rings. The van der Waals surface area contributed by atoms with E-state index in [9.17, 15) is 18.0 Å². The van der Waals surface area contributed by atoms with Gasteiger partial charge in [0.1, 0.15) is 12.6 Å². The zero-order valence-electron chi connectivity index (χ0n) is 22.8. The van der Waals surface area contributed by atoms with Crippen LogP contribution in [0.4, 0.5) is 5.69 Å². The largest absolute Gasteiger partial charge is 0.355 e. The predicted molar refractivity (Wildman–Crippen MR) is 151 cm³/mol. The molecule has 202 valence electrons. The minimum absolute atomic E-state index is 0.0951. The third-order valence-electron chi connectivity index (χ3n) is 6.55. The molecule has 2 amide bonds. The number of benzene rings is 3. The van der Waals surface area contributed by atoms with Crippen molar-refractivity contribution >= 4 is 27.5 Å². The molecule has 0 radical (unpaired) electrons. The maximum absolute atomic E-state index is 14.0. The Morgan fingerprint density at radius 2 is 1.42 bits per heavy atom. The van der Waals surface area contributed by atoms with Gasteiger partial charge in [0, 0.05) is 13.1 Å². The first-order valence-corrected chi connectivity index (χ1v) is 14.3. The number of amides is 2. The van der Waals surface area contributed by atoms with Gasteiger partial charge in [-0.15, -0.1) is 0 Å². The number of sulfonamides is 1. The first-order chi connectivity index (χ1) is 18.1. The SMILES string of the molecule is CCNC(=O)[C@@H](CC)N(Cc1ccccc1C)C(=O)CN(c1ccc(C)cc1)S(=O)(=O)c1ccc(C)cc1. The summed E-state index contributed by atoms with van der Waals surface area (Å²) in [5, 5.41) is 2.82. The van der Waals surface area contributed by atoms with Gasteiger partial charge < -0.3 is 10.2 Å². The number of anilines is 1. The van der Waals surface area contributed by atoms with Crippen LogP contribution in [0.15, 0.2) is 77.7 Å². The number of nitrogens with one attached hydrogen (secondary N) is 1. The van der Waals surface area contributed by atoms with Gasteiger partial charge in [0.15, 0.2) is 0 Å². The summed E-state index contributed by atoms with van der Waals surface area (Å²) in [7, 11) is -4.07. The average molecular weight is 536 g/mol. The van der Waals surface area contributed by atoms with Crippen LogP contribution in [0.5, 0.6) is 0 Å². The van der Waals surface area contributed by atoms with Crippen LogP contribution in [0.3, 0.4) is 0 Å². The van der Waals surface area contributed by atoms with Crippen LogP contribution >= 0.6 is 0 Å². The molecule has 0 aromatic heterocycles. The van der Waals surface area contributed by atoms with Crippen molar-refractivity contribution in [2.24, 2.45) is 0 Å². The Labute approximate surface area is 226 Å². The van der Waals surface area contributed by atoms with Crippen LogP contribution in [0.1, 0.15) is 42.5 Å². The number of likely N-dealkylation sites (N-methyl/N-ethyl adjacent to an activating group) is 1. The molecule has 38 heavy (non-hydrogen) atoms. The van der Waals surface area contributed by atoms with E-state index in [0.29, 0.717) is 18.7 Å². The Morgan fingerprint density at radius 1 is 0.842 bits per heavy atom. The van der Waals surface area contributed by atoms with Crippen molar-refractivity contribution in [1.82, 2.24) is 10.2 Å². The molecule has 1 N–H and O–H groups in total. The van der Waals surface area contributed by atoms with Crippen molar-refractivity contribution in [2.45, 2.75) is 58.5 Å². The van der Waals surface area contributed by atoms with E-state index in [0.717, 1.165) is 26.6 Å². The van der Waals surface area contributed by atoms with E-state index in [2.05, 4.69) is 5.32 Å². The second-order valence-electron chi connectivity index (χ2n) is 9.43. The summed E-state index contributed by atoms with van der Waals surface area (Å²) >= 11 is 0. The van der Waals surface area contributed by atoms with Gasteiger partial charge in [0.25, 0.3) is 10.0 Å². The van der Waals surface area contributed by atoms with E-state index in [1.54, 1.807) is 36.4 Å². The van der Waals surface area contributed by atoms with Crippen molar-refractivity contribution in [3.63, 3.8) is 0 Å². The minimum Gasteiger partial charge on any atom is -0.355 e. The van der Waals surface area contributed by atoms with E-state index < -0.39 is 28.5 Å². The fourth-order valence-electron chi connectivity index (χ4n) is 4.26. The molecule has 0 bridgehead atoms. The summed E-state index contributed by atoms with van der Waals surface area (Å²) in [6.45, 7) is 9.59. The summed E-state index contributed by atoms with van der Waals surface area (Å²) in [4.78, 5) is 28.6. The molecule has 1 atom stereocenters. The van der Waals surface area contributed by atoms with Crippen molar-refractivity contribution in [2.75, 3.05) is 17.4 Å². The number of hydrogen-bond donors (Lipinski definition) is 1. The molecule has 0 spiro atoms. The molecule has 3 aromatic carbocycles. The van der Waals surface area contributed by atoms with Crippen LogP contribution in [0, 0.1) is 20.8 Å². The van der Waals surface area contributed by atoms with Crippen molar-refractivity contribution in [1.29, 1.82) is 0 Å². The highest BCUT2D eigenvalue weighted by Crippen LogP contribution is 2.26. The molecule has 0 saturated heterocycles. The lowest BCUT2D eigenvalue weighted by molar-refractivity contribution is -0.140. The highest BCUT2D eigenvalue weighted by atomic mass is 32.2. The molecule has 8 heteroatoms. The predicted octanol–water partition coefficient (Wildman–Crippen LogP) is 4.75. The first-order valence-electron chi connectivity index (χ1n) is 12.9. The monoisotopic (exact) mass is 535 g/mol. The smallest absolute Gasteiger partial charge is 0.264 e. The van der Waals surface area contributed by atoms with E-state index in [1.165, 1.54) is 4.90 Å². The van der Waals surface area contributed by atoms with Gasteiger partial charge in [0.05, 0.1) is 10.6 Å². The second kappa shape index (κ2) is 12.7. The van der Waals surface area contributed by atoms with Gasteiger partial charge in [-0.1, -0.05) is 66.6 Å². The van der Waals surface area contributed by atoms with Crippen LogP contribution in [-0.2, 0) is 26.2 Å². The number of carbonyl (C=O) groups is 2. The lowest BCUT2D eigenvalue weighted by Crippen LogP contribution is -2.52. The molecular weight excluding hydrogens is 498 g/mol. The van der Waals surface area contributed by atoms with Crippen LogP contribution in [-0.4, -0.2) is 44.3 Å². The number of hydrogen-bond acceptors (Lipinski definition) is 4. The summed E-state index contributed by atoms with van der Waals surface area (Å²) in [6.07, 6.45) is 0.388. The van der Waals surface area contributed by atoms with Crippen molar-refractivity contribution in [3.05, 3.63) is 95.1 Å². The van der Waals surface area contributed by atoms with Crippen LogP contribution in [0.25, 0.3) is 0 Å². The van der Waals surface area contributed by atoms with Gasteiger partial charge >= 0.3 is 0 Å². The topological polar surface area (TPSA) is 86.8 Å². The lowest BCUT2D eigenvalue weighted by atomic mass is 10.1. The minimum atomic E-state index is -4.07. The highest BCUT2D eigenvalue weighted by Gasteiger charge is 2.33. The fourth-order valence-corrected chi connectivity index (χ4v) is 5.67. The number of nitrogens with zero attached hydrogens (tertiary/aromatic N) is 2. The van der Waals surface area contributed by atoms with Gasteiger partial charge in [-0.2, -0.15) is 0 Å². The highest BCUT2D eigenvalue weighted by molar-refractivity contribution is 7.92. The Balaban J connectivity index is 2.06. The zero-order chi connectivity index (χ0) is 27.9. The molecule has 7 nitrogen and oxygen atoms in total.